The predicted octanol–water partition coefficient (Wildman–Crippen LogP) is 3.42. The van der Waals surface area contributed by atoms with Crippen molar-refractivity contribution in [3.8, 4) is 0 Å². The van der Waals surface area contributed by atoms with Crippen molar-refractivity contribution in [2.75, 3.05) is 6.54 Å². The van der Waals surface area contributed by atoms with E-state index in [4.69, 9.17) is 11.6 Å². The maximum Gasteiger partial charge on any atom is 0.367 e. The highest BCUT2D eigenvalue weighted by Gasteiger charge is 2.22. The molecular formula is C23H20ClN5O2S. The van der Waals surface area contributed by atoms with Crippen molar-refractivity contribution in [3.63, 3.8) is 0 Å². The van der Waals surface area contributed by atoms with E-state index in [9.17, 15) is 9.59 Å². The van der Waals surface area contributed by atoms with Gasteiger partial charge >= 0.3 is 5.69 Å². The molecule has 2 aromatic heterocycles. The highest BCUT2D eigenvalue weighted by molar-refractivity contribution is 7.98. The molecule has 9 heteroatoms. The molecular weight excluding hydrogens is 446 g/mol. The first-order chi connectivity index (χ1) is 15.6. The SMILES string of the molecule is O=C(Cn1nc2ccc(SCc3ccc(Cl)cc3)nn2c1=O)N1CCc2ccccc2C1. The Hall–Kier alpha value is -3.10. The smallest absolute Gasteiger partial charge is 0.336 e. The van der Waals surface area contributed by atoms with Crippen molar-refractivity contribution in [2.24, 2.45) is 0 Å². The van der Waals surface area contributed by atoms with Crippen molar-refractivity contribution in [1.82, 2.24) is 24.3 Å². The Morgan fingerprint density at radius 3 is 2.59 bits per heavy atom. The summed E-state index contributed by atoms with van der Waals surface area (Å²) in [6, 6.07) is 19.3. The Morgan fingerprint density at radius 1 is 1.00 bits per heavy atom. The molecule has 4 aromatic rings. The van der Waals surface area contributed by atoms with Crippen LogP contribution in [0.4, 0.5) is 0 Å². The molecule has 0 fully saturated rings. The molecule has 0 bridgehead atoms. The third kappa shape index (κ3) is 4.28. The lowest BCUT2D eigenvalue weighted by Crippen LogP contribution is -2.40. The Bertz CT molecular complexity index is 1350. The second-order valence-corrected chi connectivity index (χ2v) is 9.06. The fourth-order valence-electron chi connectivity index (χ4n) is 3.75. The number of carbonyl (C=O) groups excluding carboxylic acids is 1. The van der Waals surface area contributed by atoms with Gasteiger partial charge in [0.15, 0.2) is 5.65 Å². The zero-order valence-corrected chi connectivity index (χ0v) is 18.7. The molecule has 0 N–H and O–H groups in total. The number of nitrogens with zero attached hydrogens (tertiary/aromatic N) is 5. The Morgan fingerprint density at radius 2 is 1.78 bits per heavy atom. The highest BCUT2D eigenvalue weighted by Crippen LogP contribution is 2.22. The van der Waals surface area contributed by atoms with E-state index in [1.807, 2.05) is 48.5 Å². The maximum absolute atomic E-state index is 12.8. The lowest BCUT2D eigenvalue weighted by molar-refractivity contribution is -0.133. The first-order valence-corrected chi connectivity index (χ1v) is 11.6. The fraction of sp³-hybridized carbons (Fsp3) is 0.217. The average Bonchev–Trinajstić information content (AvgIpc) is 3.13. The molecule has 0 aliphatic carbocycles. The van der Waals surface area contributed by atoms with E-state index in [2.05, 4.69) is 16.3 Å². The monoisotopic (exact) mass is 465 g/mol. The van der Waals surface area contributed by atoms with Gasteiger partial charge in [0, 0.05) is 23.9 Å². The van der Waals surface area contributed by atoms with Crippen LogP contribution >= 0.6 is 23.4 Å². The first-order valence-electron chi connectivity index (χ1n) is 10.3. The summed E-state index contributed by atoms with van der Waals surface area (Å²) in [5, 5.41) is 10.1. The molecule has 3 heterocycles. The van der Waals surface area contributed by atoms with Crippen LogP contribution in [0.5, 0.6) is 0 Å². The molecule has 0 saturated carbocycles. The third-order valence-corrected chi connectivity index (χ3v) is 6.73. The van der Waals surface area contributed by atoms with Gasteiger partial charge in [-0.2, -0.15) is 9.61 Å². The van der Waals surface area contributed by atoms with Gasteiger partial charge in [0.25, 0.3) is 0 Å². The van der Waals surface area contributed by atoms with Crippen LogP contribution in [-0.2, 0) is 30.1 Å². The van der Waals surface area contributed by atoms with E-state index in [0.29, 0.717) is 34.5 Å². The number of hydrogen-bond acceptors (Lipinski definition) is 5. The van der Waals surface area contributed by atoms with Gasteiger partial charge in [0.1, 0.15) is 11.6 Å². The van der Waals surface area contributed by atoms with Crippen LogP contribution in [0.2, 0.25) is 5.02 Å². The summed E-state index contributed by atoms with van der Waals surface area (Å²) in [6.07, 6.45) is 0.817. The van der Waals surface area contributed by atoms with Gasteiger partial charge in [0.05, 0.1) is 0 Å². The van der Waals surface area contributed by atoms with Gasteiger partial charge in [-0.05, 0) is 47.4 Å². The van der Waals surface area contributed by atoms with E-state index in [0.717, 1.165) is 17.5 Å². The lowest BCUT2D eigenvalue weighted by Gasteiger charge is -2.28. The molecule has 1 aliphatic rings. The lowest BCUT2D eigenvalue weighted by atomic mass is 10.00. The molecule has 0 saturated heterocycles. The van der Waals surface area contributed by atoms with Crippen LogP contribution in [0.25, 0.3) is 5.65 Å². The number of amides is 1. The maximum atomic E-state index is 12.8. The van der Waals surface area contributed by atoms with Gasteiger partial charge in [-0.25, -0.2) is 9.48 Å². The number of rotatable bonds is 5. The molecule has 162 valence electrons. The summed E-state index contributed by atoms with van der Waals surface area (Å²) >= 11 is 7.44. The third-order valence-electron chi connectivity index (χ3n) is 5.48. The van der Waals surface area contributed by atoms with Gasteiger partial charge in [-0.3, -0.25) is 4.79 Å². The fourth-order valence-corrected chi connectivity index (χ4v) is 4.68. The summed E-state index contributed by atoms with van der Waals surface area (Å²) in [4.78, 5) is 27.4. The second-order valence-electron chi connectivity index (χ2n) is 7.63. The standard InChI is InChI=1S/C23H20ClN5O2S/c24-19-7-5-16(6-8-19)15-32-21-10-9-20-25-28(23(31)29(20)26-21)14-22(30)27-12-11-17-3-1-2-4-18(17)13-27/h1-10H,11-15H2. The molecule has 1 aliphatic heterocycles. The second kappa shape index (κ2) is 8.80. The molecule has 0 radical (unpaired) electrons. The molecule has 1 amide bonds. The Labute approximate surface area is 193 Å². The topological polar surface area (TPSA) is 72.5 Å². The van der Waals surface area contributed by atoms with Crippen molar-refractivity contribution >= 4 is 34.9 Å². The van der Waals surface area contributed by atoms with E-state index in [1.165, 1.54) is 26.5 Å². The quantitative estimate of drug-likeness (QED) is 0.422. The van der Waals surface area contributed by atoms with Crippen LogP contribution < -0.4 is 5.69 Å². The summed E-state index contributed by atoms with van der Waals surface area (Å²) < 4.78 is 2.45. The molecule has 32 heavy (non-hydrogen) atoms. The Balaban J connectivity index is 1.29. The zero-order valence-electron chi connectivity index (χ0n) is 17.1. The normalized spacial score (nSPS) is 13.3. The van der Waals surface area contributed by atoms with Crippen molar-refractivity contribution in [2.45, 2.75) is 30.3 Å². The number of benzene rings is 2. The van der Waals surface area contributed by atoms with Gasteiger partial charge in [-0.1, -0.05) is 59.8 Å². The minimum atomic E-state index is -0.417. The Kier molecular flexibility index (Phi) is 5.71. The molecule has 0 spiro atoms. The zero-order chi connectivity index (χ0) is 22.1. The largest absolute Gasteiger partial charge is 0.367 e. The predicted molar refractivity (Wildman–Crippen MR) is 124 cm³/mol. The van der Waals surface area contributed by atoms with Crippen LogP contribution in [0.3, 0.4) is 0 Å². The van der Waals surface area contributed by atoms with Crippen molar-refractivity contribution in [1.29, 1.82) is 0 Å². The summed E-state index contributed by atoms with van der Waals surface area (Å²) in [5.41, 5.74) is 3.54. The molecule has 7 nitrogen and oxygen atoms in total. The minimum absolute atomic E-state index is 0.0996. The van der Waals surface area contributed by atoms with Crippen LogP contribution in [0.1, 0.15) is 16.7 Å². The van der Waals surface area contributed by atoms with E-state index >= 15 is 0 Å². The molecule has 0 unspecified atom stereocenters. The van der Waals surface area contributed by atoms with Crippen molar-refractivity contribution < 1.29 is 4.79 Å². The van der Waals surface area contributed by atoms with E-state index in [1.54, 1.807) is 11.0 Å². The minimum Gasteiger partial charge on any atom is -0.336 e. The first kappa shape index (κ1) is 20.8. The number of hydrogen-bond donors (Lipinski definition) is 0. The van der Waals surface area contributed by atoms with Crippen LogP contribution in [-0.4, -0.2) is 36.7 Å². The van der Waals surface area contributed by atoms with E-state index < -0.39 is 5.69 Å². The molecule has 2 aromatic carbocycles. The summed E-state index contributed by atoms with van der Waals surface area (Å²) in [7, 11) is 0. The van der Waals surface area contributed by atoms with Gasteiger partial charge < -0.3 is 4.90 Å². The molecule has 5 rings (SSSR count). The number of carbonyl (C=O) groups is 1. The van der Waals surface area contributed by atoms with Crippen LogP contribution in [0.15, 0.2) is 70.5 Å². The van der Waals surface area contributed by atoms with Crippen LogP contribution in [0, 0.1) is 0 Å². The number of fused-ring (bicyclic) bond motifs is 2. The number of aromatic nitrogens is 4. The van der Waals surface area contributed by atoms with Gasteiger partial charge in [0.2, 0.25) is 5.91 Å². The van der Waals surface area contributed by atoms with E-state index in [-0.39, 0.29) is 12.5 Å². The number of halogens is 1. The highest BCUT2D eigenvalue weighted by atomic mass is 35.5. The summed E-state index contributed by atoms with van der Waals surface area (Å²) in [6.45, 7) is 1.10. The average molecular weight is 466 g/mol. The van der Waals surface area contributed by atoms with Gasteiger partial charge in [-0.15, -0.1) is 5.10 Å². The molecule has 0 atom stereocenters. The van der Waals surface area contributed by atoms with Crippen molar-refractivity contribution in [3.05, 3.63) is 92.9 Å². The summed E-state index contributed by atoms with van der Waals surface area (Å²) in [5.74, 6) is 0.579. The number of thioether (sulfide) groups is 1.